The minimum absolute atomic E-state index is 0.0210. The van der Waals surface area contributed by atoms with E-state index in [-0.39, 0.29) is 93.0 Å². The Morgan fingerprint density at radius 1 is 0.849 bits per heavy atom. The Labute approximate surface area is 433 Å². The van der Waals surface area contributed by atoms with Crippen LogP contribution in [0.15, 0.2) is 47.9 Å². The van der Waals surface area contributed by atoms with Gasteiger partial charge in [0.1, 0.15) is 16.5 Å². The van der Waals surface area contributed by atoms with Gasteiger partial charge in [0.15, 0.2) is 11.9 Å². The standard InChI is InChI=1S/C54H75N7O11S/c1-12-16-38(27-36-19-20-37(29-39(63)17-14-25-60-47(66)21-22-48(60)67)41(28-36)56-46(65)18-15-26-61-49(68)23-24-50(61)69)55-51(70)42-32-73-52(57-42)44(72-35(6)62)31-43(33(3)4)59(11)53(71)40(34(5)13-2)30-45(64)54(7,8)58(9)10/h19-24,28,32-34,38,40,43-44H,12-18,25-27,29-31H2,1-11H3,(H,55,70)(H,56,65)/t34-,38+,40-,43+,44+/m0/s1. The molecule has 1 aromatic carbocycles. The molecule has 0 bridgehead atoms. The first-order valence-electron chi connectivity index (χ1n) is 25.3. The summed E-state index contributed by atoms with van der Waals surface area (Å²) in [5.74, 6) is -4.25. The molecule has 0 aliphatic carbocycles. The smallest absolute Gasteiger partial charge is 0.303 e. The number of imide groups is 2. The number of amides is 7. The molecule has 0 saturated heterocycles. The molecule has 4 rings (SSSR count). The van der Waals surface area contributed by atoms with Crippen LogP contribution in [-0.2, 0) is 60.7 Å². The summed E-state index contributed by atoms with van der Waals surface area (Å²) in [7, 11) is 5.40. The molecule has 0 fully saturated rings. The molecule has 19 heteroatoms. The van der Waals surface area contributed by atoms with Gasteiger partial charge in [-0.2, -0.15) is 0 Å². The van der Waals surface area contributed by atoms with Gasteiger partial charge in [-0.05, 0) is 82.7 Å². The van der Waals surface area contributed by atoms with Crippen LogP contribution in [0, 0.1) is 17.8 Å². The molecule has 18 nitrogen and oxygen atoms in total. The van der Waals surface area contributed by atoms with E-state index in [1.807, 2.05) is 73.5 Å². The van der Waals surface area contributed by atoms with E-state index >= 15 is 0 Å². The molecule has 7 amide bonds. The van der Waals surface area contributed by atoms with Crippen molar-refractivity contribution in [3.05, 3.63) is 69.7 Å². The predicted octanol–water partition coefficient (Wildman–Crippen LogP) is 6.18. The summed E-state index contributed by atoms with van der Waals surface area (Å²) in [6.07, 6.45) is 6.94. The number of nitrogens with zero attached hydrogens (tertiary/aromatic N) is 5. The van der Waals surface area contributed by atoms with Crippen molar-refractivity contribution in [2.75, 3.05) is 39.5 Å². The van der Waals surface area contributed by atoms with E-state index in [0.717, 1.165) is 15.4 Å². The lowest BCUT2D eigenvalue weighted by Crippen LogP contribution is -2.50. The van der Waals surface area contributed by atoms with Crippen LogP contribution in [0.25, 0.3) is 0 Å². The molecular formula is C54H75N7O11S. The second-order valence-corrected chi connectivity index (χ2v) is 21.1. The van der Waals surface area contributed by atoms with Crippen molar-refractivity contribution in [3.63, 3.8) is 0 Å². The fraction of sp³-hybridized carbons (Fsp3) is 0.574. The van der Waals surface area contributed by atoms with Crippen molar-refractivity contribution >= 4 is 75.9 Å². The van der Waals surface area contributed by atoms with Gasteiger partial charge in [0.05, 0.1) is 5.54 Å². The monoisotopic (exact) mass is 1030 g/mol. The van der Waals surface area contributed by atoms with Crippen molar-refractivity contribution in [1.82, 2.24) is 29.9 Å². The number of carbonyl (C=O) groups is 10. The maximum absolute atomic E-state index is 14.4. The lowest BCUT2D eigenvalue weighted by atomic mass is 9.81. The Morgan fingerprint density at radius 2 is 1.44 bits per heavy atom. The second-order valence-electron chi connectivity index (χ2n) is 20.2. The second kappa shape index (κ2) is 27.2. The number of esters is 1. The maximum Gasteiger partial charge on any atom is 0.303 e. The van der Waals surface area contributed by atoms with Crippen LogP contribution < -0.4 is 10.6 Å². The third-order valence-electron chi connectivity index (χ3n) is 14.0. The summed E-state index contributed by atoms with van der Waals surface area (Å²) in [6, 6.07) is 4.51. The Balaban J connectivity index is 1.51. The van der Waals surface area contributed by atoms with Crippen molar-refractivity contribution in [2.45, 2.75) is 150 Å². The quantitative estimate of drug-likeness (QED) is 0.0659. The van der Waals surface area contributed by atoms with Crippen molar-refractivity contribution in [3.8, 4) is 0 Å². The van der Waals surface area contributed by atoms with E-state index in [1.54, 1.807) is 29.5 Å². The summed E-state index contributed by atoms with van der Waals surface area (Å²) in [6.45, 7) is 15.1. The molecule has 0 unspecified atom stereocenters. The van der Waals surface area contributed by atoms with Crippen LogP contribution >= 0.6 is 11.3 Å². The third-order valence-corrected chi connectivity index (χ3v) is 14.9. The average Bonchev–Trinajstić information content (AvgIpc) is 4.04. The fourth-order valence-corrected chi connectivity index (χ4v) is 9.60. The molecule has 73 heavy (non-hydrogen) atoms. The first-order chi connectivity index (χ1) is 34.4. The number of thiazole rings is 1. The van der Waals surface area contributed by atoms with Gasteiger partial charge in [0.25, 0.3) is 29.5 Å². The largest absolute Gasteiger partial charge is 0.455 e. The molecule has 398 valence electrons. The van der Waals surface area contributed by atoms with E-state index in [0.29, 0.717) is 41.9 Å². The molecule has 0 radical (unpaired) electrons. The van der Waals surface area contributed by atoms with Gasteiger partial charge in [-0.1, -0.05) is 59.6 Å². The highest BCUT2D eigenvalue weighted by molar-refractivity contribution is 7.09. The Hall–Kier alpha value is -6.21. The van der Waals surface area contributed by atoms with Gasteiger partial charge in [0, 0.05) is 113 Å². The zero-order valence-electron chi connectivity index (χ0n) is 44.4. The van der Waals surface area contributed by atoms with Crippen LogP contribution in [0.5, 0.6) is 0 Å². The van der Waals surface area contributed by atoms with E-state index in [2.05, 4.69) is 15.6 Å². The maximum atomic E-state index is 14.4. The van der Waals surface area contributed by atoms with Gasteiger partial charge in [-0.3, -0.25) is 62.6 Å². The number of hydrogen-bond acceptors (Lipinski definition) is 14. The highest BCUT2D eigenvalue weighted by Gasteiger charge is 2.39. The molecule has 0 saturated carbocycles. The van der Waals surface area contributed by atoms with Gasteiger partial charge in [-0.15, -0.1) is 11.3 Å². The third kappa shape index (κ3) is 16.7. The number of benzene rings is 1. The minimum Gasteiger partial charge on any atom is -0.455 e. The molecule has 1 aromatic heterocycles. The van der Waals surface area contributed by atoms with Crippen LogP contribution in [0.2, 0.25) is 0 Å². The van der Waals surface area contributed by atoms with E-state index < -0.39 is 71.1 Å². The van der Waals surface area contributed by atoms with Crippen LogP contribution in [-0.4, -0.2) is 135 Å². The summed E-state index contributed by atoms with van der Waals surface area (Å²) in [4.78, 5) is 139. The van der Waals surface area contributed by atoms with Gasteiger partial charge in [-0.25, -0.2) is 4.98 Å². The topological polar surface area (TPSA) is 230 Å². The number of aromatic nitrogens is 1. The molecule has 2 aliphatic rings. The Kier molecular flexibility index (Phi) is 22.1. The van der Waals surface area contributed by atoms with Crippen molar-refractivity contribution in [2.24, 2.45) is 17.8 Å². The molecule has 2 aliphatic heterocycles. The highest BCUT2D eigenvalue weighted by Crippen LogP contribution is 2.33. The molecule has 2 N–H and O–H groups in total. The van der Waals surface area contributed by atoms with Crippen LogP contribution in [0.3, 0.4) is 0 Å². The summed E-state index contributed by atoms with van der Waals surface area (Å²) < 4.78 is 5.85. The Bertz CT molecular complexity index is 2410. The average molecular weight is 1030 g/mol. The van der Waals surface area contributed by atoms with Crippen molar-refractivity contribution in [1.29, 1.82) is 0 Å². The number of ether oxygens (including phenoxy) is 1. The number of ketones is 2. The van der Waals surface area contributed by atoms with Crippen LogP contribution in [0.1, 0.15) is 146 Å². The zero-order chi connectivity index (χ0) is 54.3. The fourth-order valence-electron chi connectivity index (χ4n) is 8.76. The number of anilines is 1. The lowest BCUT2D eigenvalue weighted by molar-refractivity contribution is -0.150. The molecule has 0 spiro atoms. The summed E-state index contributed by atoms with van der Waals surface area (Å²) >= 11 is 1.17. The number of hydrogen-bond donors (Lipinski definition) is 2. The highest BCUT2D eigenvalue weighted by atomic mass is 32.1. The number of likely N-dealkylation sites (N-methyl/N-ethyl adjacent to an activating group) is 1. The first kappa shape index (κ1) is 59.4. The lowest BCUT2D eigenvalue weighted by Gasteiger charge is -2.38. The molecule has 5 atom stereocenters. The summed E-state index contributed by atoms with van der Waals surface area (Å²) in [5.41, 5.74) is 1.01. The first-order valence-corrected chi connectivity index (χ1v) is 26.2. The minimum atomic E-state index is -0.883. The molecule has 2 aromatic rings. The van der Waals surface area contributed by atoms with Gasteiger partial charge >= 0.3 is 5.97 Å². The van der Waals surface area contributed by atoms with Gasteiger partial charge < -0.3 is 20.3 Å². The number of carbonyl (C=O) groups excluding carboxylic acids is 10. The van der Waals surface area contributed by atoms with Crippen LogP contribution in [0.4, 0.5) is 5.69 Å². The van der Waals surface area contributed by atoms with Crippen molar-refractivity contribution < 1.29 is 52.7 Å². The normalized spacial score (nSPS) is 15.7. The molecular weight excluding hydrogens is 955 g/mol. The predicted molar refractivity (Wildman–Crippen MR) is 277 cm³/mol. The molecule has 3 heterocycles. The van der Waals surface area contributed by atoms with E-state index in [4.69, 9.17) is 4.74 Å². The van der Waals surface area contributed by atoms with E-state index in [9.17, 15) is 47.9 Å². The van der Waals surface area contributed by atoms with E-state index in [1.165, 1.54) is 42.6 Å². The summed E-state index contributed by atoms with van der Waals surface area (Å²) in [5, 5.41) is 8.00. The number of Topliss-reactive ketones (excluding diaryl/α,β-unsaturated/α-hetero) is 2. The zero-order valence-corrected chi connectivity index (χ0v) is 45.2. The number of nitrogens with one attached hydrogen (secondary N) is 2. The van der Waals surface area contributed by atoms with Gasteiger partial charge in [0.2, 0.25) is 11.8 Å². The number of rotatable bonds is 30. The SMILES string of the molecule is CCC[C@H](Cc1ccc(CC(=O)CCCN2C(=O)C=CC2=O)c(NC(=O)CCCN2C(=O)C=CC2=O)c1)NC(=O)c1csc([C@@H](C[C@H](C(C)C)N(C)C(=O)[C@@H](CC(=O)C(C)(C)N(C)C)[C@@H](C)CC)OC(C)=O)n1. The Morgan fingerprint density at radius 3 is 1.97 bits per heavy atom.